The summed E-state index contributed by atoms with van der Waals surface area (Å²) in [6.45, 7) is -0.414. The summed E-state index contributed by atoms with van der Waals surface area (Å²) >= 11 is 0. The zero-order chi connectivity index (χ0) is 12.7. The summed E-state index contributed by atoms with van der Waals surface area (Å²) in [5.74, 6) is -0.258. The molecule has 1 aliphatic rings. The third-order valence-corrected chi connectivity index (χ3v) is 2.74. The molecule has 0 aliphatic carbocycles. The molecule has 0 saturated heterocycles. The maximum absolute atomic E-state index is 13.4. The first-order valence-electron chi connectivity index (χ1n) is 5.27. The summed E-state index contributed by atoms with van der Waals surface area (Å²) in [5.41, 5.74) is 6.54. The summed E-state index contributed by atoms with van der Waals surface area (Å²) < 4.78 is 20.2. The summed E-state index contributed by atoms with van der Waals surface area (Å²) in [5, 5.41) is 8.93. The van der Waals surface area contributed by atoms with Crippen LogP contribution < -0.4 is 5.73 Å². The minimum Gasteiger partial charge on any atom is -0.393 e. The third-order valence-electron chi connectivity index (χ3n) is 2.74. The lowest BCUT2D eigenvalue weighted by atomic mass is 10.3. The van der Waals surface area contributed by atoms with Crippen LogP contribution in [0.4, 0.5) is 10.2 Å². The van der Waals surface area contributed by atoms with E-state index in [1.165, 1.54) is 23.3 Å². The Morgan fingerprint density at radius 2 is 2.28 bits per heavy atom. The highest BCUT2D eigenvalue weighted by atomic mass is 19.1. The fourth-order valence-corrected chi connectivity index (χ4v) is 1.85. The zero-order valence-electron chi connectivity index (χ0n) is 9.19. The van der Waals surface area contributed by atoms with Crippen LogP contribution in [0.1, 0.15) is 6.23 Å². The molecule has 0 saturated carbocycles. The lowest BCUT2D eigenvalue weighted by Crippen LogP contribution is -2.16. The number of hydrogen-bond donors (Lipinski definition) is 2. The van der Waals surface area contributed by atoms with Gasteiger partial charge in [-0.15, -0.1) is 0 Å². The van der Waals surface area contributed by atoms with E-state index in [9.17, 15) is 4.39 Å². The van der Waals surface area contributed by atoms with Gasteiger partial charge in [-0.1, -0.05) is 0 Å². The summed E-state index contributed by atoms with van der Waals surface area (Å²) in [4.78, 5) is 11.9. The molecule has 0 radical (unpaired) electrons. The second-order valence-electron chi connectivity index (χ2n) is 3.83. The first-order chi connectivity index (χ1) is 8.70. The van der Waals surface area contributed by atoms with Crippen molar-refractivity contribution < 1.29 is 14.2 Å². The van der Waals surface area contributed by atoms with Crippen molar-refractivity contribution in [1.82, 2.24) is 19.5 Å². The maximum Gasteiger partial charge on any atom is 0.167 e. The highest BCUT2D eigenvalue weighted by molar-refractivity contribution is 5.81. The number of rotatable bonds is 2. The molecule has 2 atom stereocenters. The molecule has 0 fully saturated rings. The van der Waals surface area contributed by atoms with E-state index in [1.807, 2.05) is 0 Å². The maximum atomic E-state index is 13.4. The molecule has 0 unspecified atom stereocenters. The van der Waals surface area contributed by atoms with Gasteiger partial charge >= 0.3 is 0 Å². The van der Waals surface area contributed by atoms with Crippen LogP contribution in [-0.4, -0.2) is 37.3 Å². The number of halogens is 1. The number of anilines is 1. The summed E-state index contributed by atoms with van der Waals surface area (Å²) in [6, 6.07) is 0. The Kier molecular flexibility index (Phi) is 2.46. The molecule has 18 heavy (non-hydrogen) atoms. The fourth-order valence-electron chi connectivity index (χ4n) is 1.85. The predicted molar refractivity (Wildman–Crippen MR) is 59.9 cm³/mol. The van der Waals surface area contributed by atoms with Crippen molar-refractivity contribution in [2.45, 2.75) is 12.3 Å². The predicted octanol–water partition coefficient (Wildman–Crippen LogP) is 0.152. The summed E-state index contributed by atoms with van der Waals surface area (Å²) in [6.07, 6.45) is 2.38. The van der Waals surface area contributed by atoms with Crippen molar-refractivity contribution in [2.75, 3.05) is 12.3 Å². The summed E-state index contributed by atoms with van der Waals surface area (Å²) in [7, 11) is 0. The molecule has 0 aromatic carbocycles. The van der Waals surface area contributed by atoms with Crippen LogP contribution in [0.3, 0.4) is 0 Å². The zero-order valence-corrected chi connectivity index (χ0v) is 9.19. The van der Waals surface area contributed by atoms with Crippen molar-refractivity contribution >= 4 is 17.0 Å². The third kappa shape index (κ3) is 1.54. The minimum atomic E-state index is -0.938. The van der Waals surface area contributed by atoms with E-state index in [4.69, 9.17) is 15.6 Å². The number of aromatic nitrogens is 4. The molecule has 2 aromatic rings. The largest absolute Gasteiger partial charge is 0.393 e. The van der Waals surface area contributed by atoms with Gasteiger partial charge in [0.05, 0.1) is 12.9 Å². The van der Waals surface area contributed by atoms with Crippen LogP contribution in [0.2, 0.25) is 0 Å². The van der Waals surface area contributed by atoms with Gasteiger partial charge in [0.1, 0.15) is 23.8 Å². The standard InChI is InChI=1S/C10H10FN5O2/c11-5-1-7(18-6(5)2-17)16-4-15-8-9(12)13-3-14-10(8)16/h1,3-4,6-7,17H,2H2,(H2,12,13,14)/t6-,7+/m1/s1. The molecule has 0 spiro atoms. The van der Waals surface area contributed by atoms with Crippen molar-refractivity contribution in [1.29, 1.82) is 0 Å². The topological polar surface area (TPSA) is 99.1 Å². The van der Waals surface area contributed by atoms with Gasteiger partial charge in [-0.3, -0.25) is 4.57 Å². The van der Waals surface area contributed by atoms with Crippen LogP contribution in [-0.2, 0) is 4.74 Å². The molecule has 3 N–H and O–H groups in total. The molecule has 0 bridgehead atoms. The van der Waals surface area contributed by atoms with Gasteiger partial charge in [-0.2, -0.15) is 0 Å². The van der Waals surface area contributed by atoms with E-state index < -0.39 is 24.8 Å². The van der Waals surface area contributed by atoms with Gasteiger partial charge in [-0.05, 0) is 6.08 Å². The normalized spacial score (nSPS) is 23.6. The lowest BCUT2D eigenvalue weighted by Gasteiger charge is -2.13. The number of imidazole rings is 1. The Bertz CT molecular complexity index is 626. The van der Waals surface area contributed by atoms with Gasteiger partial charge in [0, 0.05) is 0 Å². The molecule has 3 heterocycles. The Morgan fingerprint density at radius 3 is 3.00 bits per heavy atom. The van der Waals surface area contributed by atoms with Crippen LogP contribution in [0.15, 0.2) is 24.6 Å². The van der Waals surface area contributed by atoms with E-state index >= 15 is 0 Å². The van der Waals surface area contributed by atoms with Crippen LogP contribution in [0.5, 0.6) is 0 Å². The highest BCUT2D eigenvalue weighted by Crippen LogP contribution is 2.30. The Morgan fingerprint density at radius 1 is 1.44 bits per heavy atom. The van der Waals surface area contributed by atoms with Gasteiger partial charge < -0.3 is 15.6 Å². The van der Waals surface area contributed by atoms with E-state index in [2.05, 4.69) is 15.0 Å². The Hall–Kier alpha value is -2.06. The minimum absolute atomic E-state index is 0.250. The number of nitrogen functional groups attached to an aromatic ring is 1. The first-order valence-corrected chi connectivity index (χ1v) is 5.27. The Labute approximate surface area is 101 Å². The van der Waals surface area contributed by atoms with E-state index in [0.717, 1.165) is 0 Å². The van der Waals surface area contributed by atoms with Gasteiger partial charge in [0.15, 0.2) is 17.7 Å². The SMILES string of the molecule is Nc1ncnc2c1ncn2[C@@H]1C=C(F)[C@@H](CO)O1. The van der Waals surface area contributed by atoms with Gasteiger partial charge in [0.25, 0.3) is 0 Å². The van der Waals surface area contributed by atoms with E-state index in [1.54, 1.807) is 0 Å². The molecule has 3 rings (SSSR count). The smallest absolute Gasteiger partial charge is 0.167 e. The quantitative estimate of drug-likeness (QED) is 0.788. The molecule has 1 aliphatic heterocycles. The fraction of sp³-hybridized carbons (Fsp3) is 0.300. The molecular weight excluding hydrogens is 241 g/mol. The second kappa shape index (κ2) is 4.00. The van der Waals surface area contributed by atoms with Crippen molar-refractivity contribution in [3.8, 4) is 0 Å². The van der Waals surface area contributed by atoms with Crippen molar-refractivity contribution in [3.05, 3.63) is 24.6 Å². The number of hydrogen-bond acceptors (Lipinski definition) is 6. The van der Waals surface area contributed by atoms with Crippen LogP contribution >= 0.6 is 0 Å². The van der Waals surface area contributed by atoms with Crippen LogP contribution in [0, 0.1) is 0 Å². The number of aliphatic hydroxyl groups excluding tert-OH is 1. The number of aliphatic hydroxyl groups is 1. The number of nitrogens with zero attached hydrogens (tertiary/aromatic N) is 4. The first kappa shape index (κ1) is 11.1. The number of nitrogens with two attached hydrogens (primary N) is 1. The number of fused-ring (bicyclic) bond motifs is 1. The molecule has 0 amide bonds. The van der Waals surface area contributed by atoms with Crippen molar-refractivity contribution in [3.63, 3.8) is 0 Å². The van der Waals surface area contributed by atoms with E-state index in [0.29, 0.717) is 11.2 Å². The molecule has 94 valence electrons. The average molecular weight is 251 g/mol. The molecule has 8 heteroatoms. The van der Waals surface area contributed by atoms with Crippen molar-refractivity contribution in [2.24, 2.45) is 0 Å². The molecule has 7 nitrogen and oxygen atoms in total. The van der Waals surface area contributed by atoms with Gasteiger partial charge in [-0.25, -0.2) is 19.3 Å². The van der Waals surface area contributed by atoms with E-state index in [-0.39, 0.29) is 5.82 Å². The second-order valence-corrected chi connectivity index (χ2v) is 3.83. The Balaban J connectivity index is 2.04. The van der Waals surface area contributed by atoms with Gasteiger partial charge in [0.2, 0.25) is 0 Å². The highest BCUT2D eigenvalue weighted by Gasteiger charge is 2.29. The lowest BCUT2D eigenvalue weighted by molar-refractivity contribution is -0.0163. The molecule has 2 aromatic heterocycles. The van der Waals surface area contributed by atoms with Crippen LogP contribution in [0.25, 0.3) is 11.2 Å². The number of ether oxygens (including phenoxy) is 1. The monoisotopic (exact) mass is 251 g/mol. The molecular formula is C10H10FN5O2. The average Bonchev–Trinajstić information content (AvgIpc) is 2.93.